The Labute approximate surface area is 142 Å². The minimum atomic E-state index is -4.60. The predicted molar refractivity (Wildman–Crippen MR) is 83.6 cm³/mol. The number of anilines is 1. The third kappa shape index (κ3) is 6.07. The number of alkyl halides is 3. The Kier molecular flexibility index (Phi) is 6.92. The number of benzene rings is 1. The van der Waals surface area contributed by atoms with Gasteiger partial charge in [-0.05, 0) is 26.0 Å². The smallest absolute Gasteiger partial charge is 0.351 e. The van der Waals surface area contributed by atoms with E-state index in [2.05, 4.69) is 5.32 Å². The molecule has 0 aliphatic carbocycles. The molecule has 10 heteroatoms. The third-order valence-electron chi connectivity index (χ3n) is 3.60. The zero-order chi connectivity index (χ0) is 19.2. The number of nitrogens with two attached hydrogens (primary N) is 1. The number of hydrogen-bond acceptors (Lipinski definition) is 3. The van der Waals surface area contributed by atoms with Gasteiger partial charge in [0.1, 0.15) is 0 Å². The van der Waals surface area contributed by atoms with Gasteiger partial charge in [-0.15, -0.1) is 0 Å². The molecule has 0 saturated carbocycles. The van der Waals surface area contributed by atoms with Crippen LogP contribution < -0.4 is 21.3 Å². The number of halogens is 3. The lowest BCUT2D eigenvalue weighted by Gasteiger charge is -2.23. The number of amides is 4. The lowest BCUT2D eigenvalue weighted by atomic mass is 10.1. The van der Waals surface area contributed by atoms with Gasteiger partial charge in [0, 0.05) is 0 Å². The molecule has 4 amide bonds. The number of imide groups is 1. The molecule has 0 aromatic heterocycles. The fourth-order valence-corrected chi connectivity index (χ4v) is 2.24. The van der Waals surface area contributed by atoms with Crippen LogP contribution in [-0.2, 0) is 15.8 Å². The summed E-state index contributed by atoms with van der Waals surface area (Å²) in [5.74, 6) is -1.36. The maximum atomic E-state index is 12.9. The van der Waals surface area contributed by atoms with E-state index in [1.807, 2.05) is 5.32 Å². The van der Waals surface area contributed by atoms with Crippen molar-refractivity contribution in [2.75, 3.05) is 18.4 Å². The second kappa shape index (κ2) is 8.47. The highest BCUT2D eigenvalue weighted by Gasteiger charge is 2.34. The molecular weight excluding hydrogens is 341 g/mol. The number of quaternary nitrogens is 1. The largest absolute Gasteiger partial charge is 0.418 e. The van der Waals surface area contributed by atoms with E-state index < -0.39 is 35.6 Å². The first-order valence-electron chi connectivity index (χ1n) is 7.47. The number of para-hydroxylation sites is 1. The summed E-state index contributed by atoms with van der Waals surface area (Å²) in [5, 5.41) is 4.12. The lowest BCUT2D eigenvalue weighted by Crippen LogP contribution is -3.17. The number of likely N-dealkylation sites (N-methyl/N-ethyl adjacent to an activating group) is 1. The number of hydrogen-bond donors (Lipinski definition) is 4. The Morgan fingerprint density at radius 3 is 2.36 bits per heavy atom. The zero-order valence-electron chi connectivity index (χ0n) is 13.7. The van der Waals surface area contributed by atoms with Crippen molar-refractivity contribution in [2.24, 2.45) is 5.73 Å². The van der Waals surface area contributed by atoms with E-state index >= 15 is 0 Å². The van der Waals surface area contributed by atoms with E-state index in [-0.39, 0.29) is 12.2 Å². The van der Waals surface area contributed by atoms with Crippen molar-refractivity contribution in [3.63, 3.8) is 0 Å². The summed E-state index contributed by atoms with van der Waals surface area (Å²) in [6.07, 6.45) is -4.60. The van der Waals surface area contributed by atoms with E-state index in [4.69, 9.17) is 5.73 Å². The molecule has 0 fully saturated rings. The predicted octanol–water partition coefficient (Wildman–Crippen LogP) is 0.132. The van der Waals surface area contributed by atoms with E-state index in [0.29, 0.717) is 11.4 Å². The van der Waals surface area contributed by atoms with Gasteiger partial charge in [-0.25, -0.2) is 4.79 Å². The number of rotatable bonds is 6. The minimum absolute atomic E-state index is 0.254. The van der Waals surface area contributed by atoms with Gasteiger partial charge in [-0.1, -0.05) is 12.1 Å². The van der Waals surface area contributed by atoms with Gasteiger partial charge in [0.2, 0.25) is 0 Å². The van der Waals surface area contributed by atoms with E-state index in [9.17, 15) is 27.6 Å². The monoisotopic (exact) mass is 361 g/mol. The van der Waals surface area contributed by atoms with Gasteiger partial charge in [0.15, 0.2) is 12.6 Å². The Morgan fingerprint density at radius 1 is 1.24 bits per heavy atom. The van der Waals surface area contributed by atoms with Crippen LogP contribution in [0.1, 0.15) is 19.4 Å². The molecule has 7 nitrogen and oxygen atoms in total. The topological polar surface area (TPSA) is 106 Å². The molecule has 25 heavy (non-hydrogen) atoms. The molecule has 0 heterocycles. The number of carbonyl (C=O) groups excluding carboxylic acids is 3. The quantitative estimate of drug-likeness (QED) is 0.579. The maximum absolute atomic E-state index is 12.9. The van der Waals surface area contributed by atoms with Crippen molar-refractivity contribution < 1.29 is 32.5 Å². The van der Waals surface area contributed by atoms with Crippen LogP contribution in [0.5, 0.6) is 0 Å². The second-order valence-corrected chi connectivity index (χ2v) is 5.36. The highest BCUT2D eigenvalue weighted by Crippen LogP contribution is 2.34. The number of urea groups is 1. The van der Waals surface area contributed by atoms with Crippen molar-refractivity contribution in [1.82, 2.24) is 5.32 Å². The number of primary amides is 1. The fraction of sp³-hybridized carbons (Fsp3) is 0.400. The first-order chi connectivity index (χ1) is 11.6. The number of carbonyl (C=O) groups is 3. The normalized spacial score (nSPS) is 13.6. The molecule has 0 aliphatic heterocycles. The van der Waals surface area contributed by atoms with Crippen LogP contribution in [0, 0.1) is 0 Å². The highest BCUT2D eigenvalue weighted by atomic mass is 19.4. The van der Waals surface area contributed by atoms with Crippen molar-refractivity contribution >= 4 is 23.5 Å². The fourth-order valence-electron chi connectivity index (χ4n) is 2.24. The zero-order valence-corrected chi connectivity index (χ0v) is 13.7. The maximum Gasteiger partial charge on any atom is 0.418 e. The molecular formula is C15H20F3N4O3+. The average molecular weight is 361 g/mol. The molecule has 2 atom stereocenters. The van der Waals surface area contributed by atoms with Gasteiger partial charge in [0.05, 0.1) is 17.8 Å². The van der Waals surface area contributed by atoms with Crippen LogP contribution in [-0.4, -0.2) is 37.0 Å². The molecule has 0 radical (unpaired) electrons. The SMILES string of the molecule is CC[NH+](CC(=O)Nc1ccccc1C(F)(F)F)[C@H](C)C(=O)NC(N)=O. The molecule has 0 spiro atoms. The van der Waals surface area contributed by atoms with E-state index in [1.165, 1.54) is 19.1 Å². The molecule has 1 aromatic rings. The summed E-state index contributed by atoms with van der Waals surface area (Å²) in [7, 11) is 0. The lowest BCUT2D eigenvalue weighted by molar-refractivity contribution is -0.904. The summed E-state index contributed by atoms with van der Waals surface area (Å²) >= 11 is 0. The molecule has 0 aliphatic rings. The summed E-state index contributed by atoms with van der Waals surface area (Å²) in [6.45, 7) is 3.26. The van der Waals surface area contributed by atoms with E-state index in [0.717, 1.165) is 12.1 Å². The van der Waals surface area contributed by atoms with Crippen molar-refractivity contribution in [3.8, 4) is 0 Å². The standard InChI is InChI=1S/C15H19F3N4O3/c1-3-22(9(2)13(24)21-14(19)25)8-12(23)20-11-7-5-4-6-10(11)15(16,17)18/h4-7,9H,3,8H2,1-2H3,(H,20,23)(H3,19,21,24,25)/p+1/t9-/m1/s1. The summed E-state index contributed by atoms with van der Waals surface area (Å²) in [4.78, 5) is 35.0. The molecule has 1 unspecified atom stereocenters. The van der Waals surface area contributed by atoms with Gasteiger partial charge >= 0.3 is 12.2 Å². The Morgan fingerprint density at radius 2 is 1.84 bits per heavy atom. The first kappa shape index (κ1) is 20.4. The third-order valence-corrected chi connectivity index (χ3v) is 3.60. The van der Waals surface area contributed by atoms with Gasteiger partial charge < -0.3 is 16.0 Å². The van der Waals surface area contributed by atoms with Gasteiger partial charge in [-0.2, -0.15) is 13.2 Å². The Hall–Kier alpha value is -2.62. The van der Waals surface area contributed by atoms with Gasteiger partial charge in [0.25, 0.3) is 11.8 Å². The molecule has 0 saturated heterocycles. The minimum Gasteiger partial charge on any atom is -0.351 e. The summed E-state index contributed by atoms with van der Waals surface area (Å²) in [6, 6.07) is 2.80. The molecule has 0 bridgehead atoms. The van der Waals surface area contributed by atoms with Crippen molar-refractivity contribution in [1.29, 1.82) is 0 Å². The average Bonchev–Trinajstić information content (AvgIpc) is 2.50. The van der Waals surface area contributed by atoms with Crippen LogP contribution >= 0.6 is 0 Å². The molecule has 5 N–H and O–H groups in total. The summed E-state index contributed by atoms with van der Waals surface area (Å²) in [5.41, 5.74) is 3.55. The van der Waals surface area contributed by atoms with Crippen LogP contribution in [0.25, 0.3) is 0 Å². The van der Waals surface area contributed by atoms with Gasteiger partial charge in [-0.3, -0.25) is 14.9 Å². The highest BCUT2D eigenvalue weighted by molar-refractivity contribution is 5.96. The Bertz CT molecular complexity index is 649. The molecule has 138 valence electrons. The first-order valence-corrected chi connectivity index (χ1v) is 7.47. The molecule has 1 rings (SSSR count). The van der Waals surface area contributed by atoms with Crippen LogP contribution in [0.2, 0.25) is 0 Å². The molecule has 1 aromatic carbocycles. The van der Waals surface area contributed by atoms with E-state index in [1.54, 1.807) is 6.92 Å². The van der Waals surface area contributed by atoms with Crippen molar-refractivity contribution in [2.45, 2.75) is 26.1 Å². The van der Waals surface area contributed by atoms with Crippen LogP contribution in [0.3, 0.4) is 0 Å². The van der Waals surface area contributed by atoms with Crippen LogP contribution in [0.15, 0.2) is 24.3 Å². The second-order valence-electron chi connectivity index (χ2n) is 5.36. The summed E-state index contributed by atoms with van der Waals surface area (Å²) < 4.78 is 38.8. The van der Waals surface area contributed by atoms with Crippen LogP contribution in [0.4, 0.5) is 23.7 Å². The number of nitrogens with one attached hydrogen (secondary N) is 3. The van der Waals surface area contributed by atoms with Crippen molar-refractivity contribution in [3.05, 3.63) is 29.8 Å². The Balaban J connectivity index is 2.81.